The number of hydrogen-bond acceptors (Lipinski definition) is 4. The molecule has 1 heterocycles. The van der Waals surface area contributed by atoms with E-state index < -0.39 is 0 Å². The van der Waals surface area contributed by atoms with Crippen LogP contribution in [0.2, 0.25) is 0 Å². The summed E-state index contributed by atoms with van der Waals surface area (Å²) in [4.78, 5) is 8.34. The molecule has 0 aliphatic heterocycles. The van der Waals surface area contributed by atoms with Crippen molar-refractivity contribution in [1.29, 1.82) is 0 Å². The van der Waals surface area contributed by atoms with E-state index in [0.29, 0.717) is 11.8 Å². The Bertz CT molecular complexity index is 572. The number of aryl methyl sites for hydroxylation is 2. The molecule has 2 aromatic rings. The number of rotatable bonds is 3. The Morgan fingerprint density at radius 3 is 2.72 bits per heavy atom. The first-order valence-corrected chi connectivity index (χ1v) is 6.35. The Labute approximate surface area is 115 Å². The Morgan fingerprint density at radius 2 is 2.06 bits per heavy atom. The maximum Gasteiger partial charge on any atom is 0.238 e. The fourth-order valence-corrected chi connectivity index (χ4v) is 1.83. The highest BCUT2D eigenvalue weighted by atomic mass is 79.9. The second-order valence-corrected chi connectivity index (χ2v) is 4.82. The van der Waals surface area contributed by atoms with Crippen LogP contribution in [0, 0.1) is 13.8 Å². The van der Waals surface area contributed by atoms with Gasteiger partial charge in [0.1, 0.15) is 5.75 Å². The first-order valence-electron chi connectivity index (χ1n) is 5.55. The molecule has 0 radical (unpaired) electrons. The molecular formula is C13H14BrN3O. The van der Waals surface area contributed by atoms with Crippen LogP contribution in [0.3, 0.4) is 0 Å². The minimum Gasteiger partial charge on any atom is -0.437 e. The van der Waals surface area contributed by atoms with Gasteiger partial charge in [0.2, 0.25) is 11.8 Å². The first-order chi connectivity index (χ1) is 8.60. The summed E-state index contributed by atoms with van der Waals surface area (Å²) in [6.07, 6.45) is 1.66. The Morgan fingerprint density at radius 1 is 1.28 bits per heavy atom. The number of halogens is 1. The Balaban J connectivity index is 2.33. The van der Waals surface area contributed by atoms with E-state index >= 15 is 0 Å². The fourth-order valence-electron chi connectivity index (χ4n) is 1.56. The minimum absolute atomic E-state index is 0.501. The van der Waals surface area contributed by atoms with Gasteiger partial charge in [0.25, 0.3) is 0 Å². The van der Waals surface area contributed by atoms with Crippen molar-refractivity contribution in [1.82, 2.24) is 9.97 Å². The van der Waals surface area contributed by atoms with Crippen molar-refractivity contribution >= 4 is 21.9 Å². The summed E-state index contributed by atoms with van der Waals surface area (Å²) < 4.78 is 6.52. The average molecular weight is 308 g/mol. The molecule has 1 aromatic heterocycles. The molecule has 0 atom stereocenters. The van der Waals surface area contributed by atoms with Crippen molar-refractivity contribution in [2.45, 2.75) is 13.8 Å². The van der Waals surface area contributed by atoms with Crippen LogP contribution in [-0.2, 0) is 0 Å². The Hall–Kier alpha value is -1.62. The van der Waals surface area contributed by atoms with Crippen LogP contribution in [0.5, 0.6) is 11.6 Å². The molecule has 0 saturated heterocycles. The van der Waals surface area contributed by atoms with Gasteiger partial charge in [-0.3, -0.25) is 0 Å². The van der Waals surface area contributed by atoms with E-state index in [2.05, 4.69) is 44.2 Å². The molecule has 5 heteroatoms. The monoisotopic (exact) mass is 307 g/mol. The zero-order valence-electron chi connectivity index (χ0n) is 10.5. The summed E-state index contributed by atoms with van der Waals surface area (Å²) in [5.41, 5.74) is 2.28. The lowest BCUT2D eigenvalue weighted by atomic mass is 10.1. The van der Waals surface area contributed by atoms with E-state index in [-0.39, 0.29) is 0 Å². The van der Waals surface area contributed by atoms with Gasteiger partial charge in [-0.1, -0.05) is 17.7 Å². The van der Waals surface area contributed by atoms with Gasteiger partial charge in [0.15, 0.2) is 0 Å². The maximum absolute atomic E-state index is 5.80. The van der Waals surface area contributed by atoms with Crippen molar-refractivity contribution in [2.24, 2.45) is 0 Å². The summed E-state index contributed by atoms with van der Waals surface area (Å²) in [6.45, 7) is 4.06. The van der Waals surface area contributed by atoms with Crippen molar-refractivity contribution in [2.75, 3.05) is 12.4 Å². The smallest absolute Gasteiger partial charge is 0.238 e. The van der Waals surface area contributed by atoms with E-state index in [1.807, 2.05) is 19.1 Å². The van der Waals surface area contributed by atoms with Gasteiger partial charge in [-0.05, 0) is 41.4 Å². The molecule has 1 aromatic carbocycles. The number of nitrogens with zero attached hydrogens (tertiary/aromatic N) is 2. The number of benzene rings is 1. The third kappa shape index (κ3) is 2.79. The van der Waals surface area contributed by atoms with Gasteiger partial charge in [0.05, 0.1) is 10.7 Å². The number of hydrogen-bond donors (Lipinski definition) is 1. The first kappa shape index (κ1) is 12.8. The summed E-state index contributed by atoms with van der Waals surface area (Å²) in [5.74, 6) is 1.82. The van der Waals surface area contributed by atoms with Gasteiger partial charge in [-0.25, -0.2) is 4.98 Å². The lowest BCUT2D eigenvalue weighted by Crippen LogP contribution is -1.99. The maximum atomic E-state index is 5.80. The summed E-state index contributed by atoms with van der Waals surface area (Å²) in [6, 6.07) is 6.03. The predicted octanol–water partition coefficient (Wildman–Crippen LogP) is 3.69. The average Bonchev–Trinajstić information content (AvgIpc) is 2.35. The van der Waals surface area contributed by atoms with E-state index in [0.717, 1.165) is 15.8 Å². The van der Waals surface area contributed by atoms with Gasteiger partial charge in [-0.2, -0.15) is 4.98 Å². The van der Waals surface area contributed by atoms with Gasteiger partial charge in [-0.15, -0.1) is 0 Å². The highest BCUT2D eigenvalue weighted by Gasteiger charge is 2.08. The van der Waals surface area contributed by atoms with Crippen LogP contribution in [0.25, 0.3) is 0 Å². The van der Waals surface area contributed by atoms with E-state index in [1.165, 1.54) is 5.56 Å². The van der Waals surface area contributed by atoms with Crippen LogP contribution in [0.15, 0.2) is 28.9 Å². The predicted molar refractivity (Wildman–Crippen MR) is 75.3 cm³/mol. The van der Waals surface area contributed by atoms with Crippen molar-refractivity contribution in [3.8, 4) is 11.6 Å². The Kier molecular flexibility index (Phi) is 3.81. The normalized spacial score (nSPS) is 10.2. The van der Waals surface area contributed by atoms with Crippen LogP contribution in [0.1, 0.15) is 11.1 Å². The van der Waals surface area contributed by atoms with Crippen LogP contribution in [0.4, 0.5) is 5.95 Å². The van der Waals surface area contributed by atoms with E-state index in [4.69, 9.17) is 4.74 Å². The molecule has 4 nitrogen and oxygen atoms in total. The lowest BCUT2D eigenvalue weighted by Gasteiger charge is -2.10. The molecule has 0 amide bonds. The molecule has 18 heavy (non-hydrogen) atoms. The molecular weight excluding hydrogens is 294 g/mol. The number of anilines is 1. The van der Waals surface area contributed by atoms with Crippen LogP contribution >= 0.6 is 15.9 Å². The summed E-state index contributed by atoms with van der Waals surface area (Å²) in [7, 11) is 1.77. The molecule has 2 rings (SSSR count). The lowest BCUT2D eigenvalue weighted by molar-refractivity contribution is 0.455. The molecule has 0 aliphatic rings. The SMILES string of the molecule is CNc1ncc(Br)c(Oc2ccc(C)cc2C)n1. The fraction of sp³-hybridized carbons (Fsp3) is 0.231. The van der Waals surface area contributed by atoms with Crippen molar-refractivity contribution < 1.29 is 4.74 Å². The number of aromatic nitrogens is 2. The number of ether oxygens (including phenoxy) is 1. The van der Waals surface area contributed by atoms with Crippen molar-refractivity contribution in [3.63, 3.8) is 0 Å². The van der Waals surface area contributed by atoms with Crippen LogP contribution in [-0.4, -0.2) is 17.0 Å². The summed E-state index contributed by atoms with van der Waals surface area (Å²) >= 11 is 3.38. The second-order valence-electron chi connectivity index (χ2n) is 3.97. The van der Waals surface area contributed by atoms with Gasteiger partial charge >= 0.3 is 0 Å². The van der Waals surface area contributed by atoms with Crippen LogP contribution < -0.4 is 10.1 Å². The molecule has 0 spiro atoms. The largest absolute Gasteiger partial charge is 0.437 e. The van der Waals surface area contributed by atoms with Gasteiger partial charge < -0.3 is 10.1 Å². The molecule has 0 saturated carbocycles. The third-order valence-corrected chi connectivity index (χ3v) is 3.02. The standard InChI is InChI=1S/C13H14BrN3O/c1-8-4-5-11(9(2)6-8)18-12-10(14)7-16-13(15-3)17-12/h4-7H,1-3H3,(H,15,16,17). The topological polar surface area (TPSA) is 47.0 Å². The zero-order chi connectivity index (χ0) is 13.1. The van der Waals surface area contributed by atoms with E-state index in [1.54, 1.807) is 13.2 Å². The molecule has 0 bridgehead atoms. The highest BCUT2D eigenvalue weighted by Crippen LogP contribution is 2.30. The van der Waals surface area contributed by atoms with Crippen molar-refractivity contribution in [3.05, 3.63) is 40.0 Å². The highest BCUT2D eigenvalue weighted by molar-refractivity contribution is 9.10. The third-order valence-electron chi connectivity index (χ3n) is 2.47. The minimum atomic E-state index is 0.501. The van der Waals surface area contributed by atoms with E-state index in [9.17, 15) is 0 Å². The molecule has 0 fully saturated rings. The number of nitrogens with one attached hydrogen (secondary N) is 1. The second kappa shape index (κ2) is 5.35. The summed E-state index contributed by atoms with van der Waals surface area (Å²) in [5, 5.41) is 2.88. The molecule has 94 valence electrons. The molecule has 0 unspecified atom stereocenters. The molecule has 0 aliphatic carbocycles. The molecule has 1 N–H and O–H groups in total. The van der Waals surface area contributed by atoms with Gasteiger partial charge in [0, 0.05) is 7.05 Å². The quantitative estimate of drug-likeness (QED) is 0.939. The zero-order valence-corrected chi connectivity index (χ0v) is 12.1.